The highest BCUT2D eigenvalue weighted by molar-refractivity contribution is 6.18. The summed E-state index contributed by atoms with van der Waals surface area (Å²) in [5.41, 5.74) is 0.492. The smallest absolute Gasteiger partial charge is 0.221 e. The Morgan fingerprint density at radius 3 is 3.05 bits per heavy atom. The zero-order valence-electron chi connectivity index (χ0n) is 9.88. The highest BCUT2D eigenvalue weighted by Crippen LogP contribution is 2.09. The summed E-state index contributed by atoms with van der Waals surface area (Å²) in [5, 5.41) is 13.7. The van der Waals surface area contributed by atoms with Crippen LogP contribution in [-0.2, 0) is 11.3 Å². The summed E-state index contributed by atoms with van der Waals surface area (Å²) in [4.78, 5) is 11.3. The molecular weight excluding hydrogens is 273 g/mol. The molecule has 1 heterocycles. The molecule has 1 amide bonds. The summed E-state index contributed by atoms with van der Waals surface area (Å²) >= 11 is 5.45. The van der Waals surface area contributed by atoms with Gasteiger partial charge in [0.2, 0.25) is 5.91 Å². The number of aromatic nitrogens is 4. The highest BCUT2D eigenvalue weighted by Gasteiger charge is 2.10. The molecule has 2 rings (SSSR count). The van der Waals surface area contributed by atoms with E-state index in [-0.39, 0.29) is 30.6 Å². The summed E-state index contributed by atoms with van der Waals surface area (Å²) in [7, 11) is 0. The number of alkyl halides is 1. The Balaban J connectivity index is 2.12. The van der Waals surface area contributed by atoms with Crippen molar-refractivity contribution in [3.05, 3.63) is 35.9 Å². The molecule has 8 heteroatoms. The predicted molar refractivity (Wildman–Crippen MR) is 66.3 cm³/mol. The van der Waals surface area contributed by atoms with E-state index in [9.17, 15) is 9.18 Å². The molecule has 0 unspecified atom stereocenters. The summed E-state index contributed by atoms with van der Waals surface area (Å²) < 4.78 is 14.5. The van der Waals surface area contributed by atoms with Crippen LogP contribution in [0.3, 0.4) is 0 Å². The van der Waals surface area contributed by atoms with E-state index >= 15 is 0 Å². The minimum absolute atomic E-state index is 0.152. The van der Waals surface area contributed by atoms with Crippen LogP contribution in [0.25, 0.3) is 5.69 Å². The molecule has 1 aromatic carbocycles. The van der Waals surface area contributed by atoms with Gasteiger partial charge in [-0.05, 0) is 28.6 Å². The van der Waals surface area contributed by atoms with E-state index in [2.05, 4.69) is 20.8 Å². The largest absolute Gasteiger partial charge is 0.349 e. The Bertz CT molecular complexity index is 574. The SMILES string of the molecule is O=C(CCCl)NCc1nnnn1-c1cccc(F)c1. The van der Waals surface area contributed by atoms with Crippen molar-refractivity contribution in [1.29, 1.82) is 0 Å². The lowest BCUT2D eigenvalue weighted by Gasteiger charge is -2.05. The Kier molecular flexibility index (Phi) is 4.40. The van der Waals surface area contributed by atoms with E-state index in [4.69, 9.17) is 11.6 Å². The lowest BCUT2D eigenvalue weighted by Crippen LogP contribution is -2.24. The molecular formula is C11H11ClFN5O. The second-order valence-electron chi connectivity index (χ2n) is 3.70. The predicted octanol–water partition coefficient (Wildman–Crippen LogP) is 1.05. The third kappa shape index (κ3) is 3.47. The van der Waals surface area contributed by atoms with E-state index in [0.717, 1.165) is 0 Å². The number of amides is 1. The van der Waals surface area contributed by atoms with Gasteiger partial charge in [0.1, 0.15) is 5.82 Å². The maximum atomic E-state index is 13.1. The number of tetrazole rings is 1. The van der Waals surface area contributed by atoms with E-state index in [1.54, 1.807) is 12.1 Å². The molecule has 0 aliphatic heterocycles. The normalized spacial score (nSPS) is 10.4. The van der Waals surface area contributed by atoms with Gasteiger partial charge in [-0.3, -0.25) is 4.79 Å². The van der Waals surface area contributed by atoms with Crippen LogP contribution in [0.5, 0.6) is 0 Å². The first-order chi connectivity index (χ1) is 9.20. The van der Waals surface area contributed by atoms with Crippen molar-refractivity contribution in [2.75, 3.05) is 5.88 Å². The van der Waals surface area contributed by atoms with Crippen LogP contribution in [-0.4, -0.2) is 32.0 Å². The summed E-state index contributed by atoms with van der Waals surface area (Å²) in [6.07, 6.45) is 0.225. The summed E-state index contributed by atoms with van der Waals surface area (Å²) in [6.45, 7) is 0.152. The zero-order valence-corrected chi connectivity index (χ0v) is 10.6. The van der Waals surface area contributed by atoms with Gasteiger partial charge in [-0.25, -0.2) is 4.39 Å². The van der Waals surface area contributed by atoms with Crippen LogP contribution >= 0.6 is 11.6 Å². The molecule has 0 aliphatic rings. The lowest BCUT2D eigenvalue weighted by atomic mass is 10.3. The number of nitrogens with one attached hydrogen (secondary N) is 1. The fourth-order valence-electron chi connectivity index (χ4n) is 1.48. The van der Waals surface area contributed by atoms with E-state index in [1.165, 1.54) is 16.8 Å². The van der Waals surface area contributed by atoms with Crippen molar-refractivity contribution in [3.8, 4) is 5.69 Å². The van der Waals surface area contributed by atoms with Crippen LogP contribution in [0, 0.1) is 5.82 Å². The van der Waals surface area contributed by atoms with Gasteiger partial charge < -0.3 is 5.32 Å². The van der Waals surface area contributed by atoms with Crippen molar-refractivity contribution >= 4 is 17.5 Å². The first-order valence-corrected chi connectivity index (χ1v) is 6.10. The van der Waals surface area contributed by atoms with E-state index in [1.807, 2.05) is 0 Å². The van der Waals surface area contributed by atoms with Crippen molar-refractivity contribution in [1.82, 2.24) is 25.5 Å². The van der Waals surface area contributed by atoms with Gasteiger partial charge in [0.25, 0.3) is 0 Å². The minimum atomic E-state index is -0.384. The topological polar surface area (TPSA) is 72.7 Å². The van der Waals surface area contributed by atoms with Gasteiger partial charge in [0, 0.05) is 12.3 Å². The van der Waals surface area contributed by atoms with Crippen LogP contribution in [0.1, 0.15) is 12.2 Å². The van der Waals surface area contributed by atoms with Gasteiger partial charge in [-0.1, -0.05) is 6.07 Å². The number of rotatable bonds is 5. The van der Waals surface area contributed by atoms with Gasteiger partial charge in [0.15, 0.2) is 5.82 Å². The van der Waals surface area contributed by atoms with Crippen LogP contribution in [0.4, 0.5) is 4.39 Å². The number of carbonyl (C=O) groups is 1. The molecule has 0 bridgehead atoms. The summed E-state index contributed by atoms with van der Waals surface area (Å²) in [6, 6.07) is 5.86. The molecule has 0 spiro atoms. The monoisotopic (exact) mass is 283 g/mol. The number of hydrogen-bond acceptors (Lipinski definition) is 4. The van der Waals surface area contributed by atoms with Gasteiger partial charge in [-0.15, -0.1) is 16.7 Å². The molecule has 6 nitrogen and oxygen atoms in total. The molecule has 1 aromatic heterocycles. The molecule has 0 saturated heterocycles. The third-order valence-corrected chi connectivity index (χ3v) is 2.54. The molecule has 0 aliphatic carbocycles. The fraction of sp³-hybridized carbons (Fsp3) is 0.273. The molecule has 0 fully saturated rings. The Hall–Kier alpha value is -2.02. The number of hydrogen-bond donors (Lipinski definition) is 1. The summed E-state index contributed by atoms with van der Waals surface area (Å²) in [5.74, 6) is 0.0863. The van der Waals surface area contributed by atoms with Crippen molar-refractivity contribution in [2.45, 2.75) is 13.0 Å². The van der Waals surface area contributed by atoms with Gasteiger partial charge in [0.05, 0.1) is 12.2 Å². The maximum absolute atomic E-state index is 13.1. The third-order valence-electron chi connectivity index (χ3n) is 2.35. The Morgan fingerprint density at radius 2 is 2.32 bits per heavy atom. The standard InChI is InChI=1S/C11H11ClFN5O/c12-5-4-11(19)14-7-10-15-16-17-18(10)9-3-1-2-8(13)6-9/h1-3,6H,4-5,7H2,(H,14,19). The van der Waals surface area contributed by atoms with Gasteiger partial charge >= 0.3 is 0 Å². The molecule has 0 radical (unpaired) electrons. The Labute approximate surface area is 113 Å². The van der Waals surface area contributed by atoms with Gasteiger partial charge in [-0.2, -0.15) is 4.68 Å². The maximum Gasteiger partial charge on any atom is 0.221 e. The molecule has 0 atom stereocenters. The molecule has 100 valence electrons. The number of nitrogens with zero attached hydrogens (tertiary/aromatic N) is 4. The molecule has 2 aromatic rings. The van der Waals surface area contributed by atoms with Crippen molar-refractivity contribution < 1.29 is 9.18 Å². The van der Waals surface area contributed by atoms with Crippen LogP contribution in [0.2, 0.25) is 0 Å². The lowest BCUT2D eigenvalue weighted by molar-refractivity contribution is -0.120. The average Bonchev–Trinajstić information content (AvgIpc) is 2.85. The molecule has 1 N–H and O–H groups in total. The van der Waals surface area contributed by atoms with E-state index < -0.39 is 0 Å². The second kappa shape index (κ2) is 6.24. The molecule has 0 saturated carbocycles. The zero-order chi connectivity index (χ0) is 13.7. The number of carbonyl (C=O) groups excluding carboxylic acids is 1. The van der Waals surface area contributed by atoms with Crippen molar-refractivity contribution in [3.63, 3.8) is 0 Å². The second-order valence-corrected chi connectivity index (χ2v) is 4.08. The Morgan fingerprint density at radius 1 is 1.47 bits per heavy atom. The first-order valence-electron chi connectivity index (χ1n) is 5.56. The minimum Gasteiger partial charge on any atom is -0.349 e. The number of benzene rings is 1. The number of halogens is 2. The fourth-order valence-corrected chi connectivity index (χ4v) is 1.65. The van der Waals surface area contributed by atoms with Crippen molar-refractivity contribution in [2.24, 2.45) is 0 Å². The highest BCUT2D eigenvalue weighted by atomic mass is 35.5. The van der Waals surface area contributed by atoms with E-state index in [0.29, 0.717) is 11.5 Å². The van der Waals surface area contributed by atoms with Crippen LogP contribution in [0.15, 0.2) is 24.3 Å². The average molecular weight is 284 g/mol. The quantitative estimate of drug-likeness (QED) is 0.833. The molecule has 19 heavy (non-hydrogen) atoms. The first kappa shape index (κ1) is 13.4. The van der Waals surface area contributed by atoms with Crippen LogP contribution < -0.4 is 5.32 Å².